The van der Waals surface area contributed by atoms with Crippen LogP contribution in [0, 0.1) is 5.92 Å². The van der Waals surface area contributed by atoms with Gasteiger partial charge in [0.2, 0.25) is 0 Å². The highest BCUT2D eigenvalue weighted by molar-refractivity contribution is 6.10. The van der Waals surface area contributed by atoms with E-state index in [0.29, 0.717) is 17.8 Å². The van der Waals surface area contributed by atoms with Gasteiger partial charge in [0.25, 0.3) is 0 Å². The molecule has 4 heteroatoms. The number of hydrogen-bond donors (Lipinski definition) is 0. The molecule has 1 aliphatic heterocycles. The second kappa shape index (κ2) is 14.3. The molecule has 0 saturated carbocycles. The number of allylic oxidation sites excluding steroid dienone is 4. The number of anilines is 2. The maximum absolute atomic E-state index is 2.54. The molecule has 7 aromatic carbocycles. The summed E-state index contributed by atoms with van der Waals surface area (Å²) in [4.78, 5) is 2.53. The van der Waals surface area contributed by atoms with Crippen molar-refractivity contribution in [1.82, 2.24) is 13.7 Å². The Morgan fingerprint density at radius 2 is 1.11 bits per heavy atom. The Morgan fingerprint density at radius 1 is 0.485 bits per heavy atom. The molecule has 3 aliphatic carbocycles. The summed E-state index contributed by atoms with van der Waals surface area (Å²) < 4.78 is 7.48. The molecule has 0 spiro atoms. The van der Waals surface area contributed by atoms with Gasteiger partial charge in [-0.2, -0.15) is 0 Å². The van der Waals surface area contributed by atoms with E-state index < -0.39 is 0 Å². The minimum absolute atomic E-state index is 0.255. The predicted octanol–water partition coefficient (Wildman–Crippen LogP) is 15.8. The van der Waals surface area contributed by atoms with E-state index >= 15 is 0 Å². The molecule has 4 aliphatic rings. The third-order valence-electron chi connectivity index (χ3n) is 15.1. The molecular weight excluding hydrogens is 801 g/mol. The smallest absolute Gasteiger partial charge is 0.0629 e. The van der Waals surface area contributed by atoms with Crippen molar-refractivity contribution in [2.24, 2.45) is 5.92 Å². The quantitative estimate of drug-likeness (QED) is 0.169. The largest absolute Gasteiger partial charge is 0.333 e. The number of rotatable bonds is 5. The lowest BCUT2D eigenvalue weighted by Gasteiger charge is -2.29. The van der Waals surface area contributed by atoms with Crippen LogP contribution in [0.2, 0.25) is 0 Å². The van der Waals surface area contributed by atoms with E-state index in [1.165, 1.54) is 106 Å². The molecule has 316 valence electrons. The first-order valence-corrected chi connectivity index (χ1v) is 23.7. The van der Waals surface area contributed by atoms with Gasteiger partial charge in [0.1, 0.15) is 0 Å². The van der Waals surface area contributed by atoms with Crippen LogP contribution in [0.3, 0.4) is 0 Å². The van der Waals surface area contributed by atoms with Crippen molar-refractivity contribution in [3.8, 4) is 28.2 Å². The van der Waals surface area contributed by atoms with Crippen molar-refractivity contribution in [3.05, 3.63) is 222 Å². The lowest BCUT2D eigenvalue weighted by molar-refractivity contribution is 0.690. The van der Waals surface area contributed by atoms with Crippen LogP contribution in [0.5, 0.6) is 0 Å². The predicted molar refractivity (Wildman–Crippen MR) is 277 cm³/mol. The summed E-state index contributed by atoms with van der Waals surface area (Å²) in [7, 11) is 0. The van der Waals surface area contributed by atoms with Crippen molar-refractivity contribution >= 4 is 67.1 Å². The van der Waals surface area contributed by atoms with Gasteiger partial charge in [-0.05, 0) is 120 Å². The van der Waals surface area contributed by atoms with Gasteiger partial charge in [-0.15, -0.1) is 0 Å². The second-order valence-electron chi connectivity index (χ2n) is 19.0. The van der Waals surface area contributed by atoms with Crippen LogP contribution in [-0.4, -0.2) is 19.7 Å². The van der Waals surface area contributed by atoms with E-state index in [2.05, 4.69) is 239 Å². The maximum atomic E-state index is 2.54. The van der Waals surface area contributed by atoms with Crippen molar-refractivity contribution in [3.63, 3.8) is 0 Å². The first kappa shape index (κ1) is 37.5. The molecule has 0 amide bonds. The van der Waals surface area contributed by atoms with Gasteiger partial charge in [0.05, 0.1) is 28.1 Å². The zero-order valence-corrected chi connectivity index (χ0v) is 37.1. The summed E-state index contributed by atoms with van der Waals surface area (Å²) in [6.45, 7) is 4.69. The number of nitrogens with zero attached hydrogens (tertiary/aromatic N) is 4. The summed E-state index contributed by atoms with van der Waals surface area (Å²) in [5.74, 6) is 1.31. The Hall–Kier alpha value is -7.82. The Morgan fingerprint density at radius 3 is 1.92 bits per heavy atom. The van der Waals surface area contributed by atoms with E-state index in [4.69, 9.17) is 0 Å². The van der Waals surface area contributed by atoms with Crippen LogP contribution in [0.1, 0.15) is 60.2 Å². The van der Waals surface area contributed by atoms with Crippen LogP contribution < -0.4 is 4.90 Å². The van der Waals surface area contributed by atoms with Gasteiger partial charge >= 0.3 is 0 Å². The number of benzene rings is 7. The fourth-order valence-electron chi connectivity index (χ4n) is 12.1. The SMILES string of the molecule is CC1C=Cc2c(n(-c3ccc(-c4ccc(-n5c6ccccc6c6ccc(N7c8ccccc8C8C=CC=CC87)cc65)cc4)cc3)c3cc(-n4c5c(c6ccccc64)C(C)CC=C5)ccc23)C1. The third kappa shape index (κ3) is 5.45. The van der Waals surface area contributed by atoms with E-state index in [1.54, 1.807) is 0 Å². The zero-order chi connectivity index (χ0) is 43.6. The van der Waals surface area contributed by atoms with Gasteiger partial charge in [0, 0.05) is 72.9 Å². The van der Waals surface area contributed by atoms with E-state index in [-0.39, 0.29) is 6.04 Å². The minimum atomic E-state index is 0.255. The highest BCUT2D eigenvalue weighted by Crippen LogP contribution is 2.49. The Balaban J connectivity index is 0.843. The Bertz CT molecular complexity index is 3750. The highest BCUT2D eigenvalue weighted by atomic mass is 15.2. The lowest BCUT2D eigenvalue weighted by atomic mass is 9.91. The average Bonchev–Trinajstić information content (AvgIpc) is 4.09. The Labute approximate surface area is 385 Å². The molecule has 14 rings (SSSR count). The zero-order valence-electron chi connectivity index (χ0n) is 37.1. The molecule has 0 radical (unpaired) electrons. The van der Waals surface area contributed by atoms with Crippen molar-refractivity contribution in [2.75, 3.05) is 4.90 Å². The second-order valence-corrected chi connectivity index (χ2v) is 19.0. The molecule has 10 aromatic rings. The first-order chi connectivity index (χ1) is 32.6. The monoisotopic (exact) mass is 848 g/mol. The fourth-order valence-corrected chi connectivity index (χ4v) is 12.1. The normalized spacial score (nSPS) is 19.3. The lowest BCUT2D eigenvalue weighted by Crippen LogP contribution is -2.28. The third-order valence-corrected chi connectivity index (χ3v) is 15.1. The van der Waals surface area contributed by atoms with Crippen LogP contribution in [0.15, 0.2) is 194 Å². The van der Waals surface area contributed by atoms with Gasteiger partial charge < -0.3 is 18.6 Å². The van der Waals surface area contributed by atoms with Gasteiger partial charge in [-0.1, -0.05) is 147 Å². The standard InChI is InChI=1S/C62H48N4/c1-39-22-33-50-52-35-32-46(66-57-20-10-6-16-53(57)62-40(2)12-11-21-58(62)66)38-61(52)64(59(50)36-39)44-29-25-42(26-30-44)41-23-27-43(28-24-41)63-54-17-7-5-15-49(54)51-34-31-45(37-60(51)63)65-55-18-8-3-13-47(55)48-14-4-9-19-56(48)65/h3-11,13-35,37-40,47,55H,12,36H2,1-2H3. The van der Waals surface area contributed by atoms with E-state index in [9.17, 15) is 0 Å². The molecular formula is C62H48N4. The average molecular weight is 849 g/mol. The van der Waals surface area contributed by atoms with E-state index in [1.807, 2.05) is 0 Å². The van der Waals surface area contributed by atoms with Crippen molar-refractivity contribution in [1.29, 1.82) is 0 Å². The first-order valence-electron chi connectivity index (χ1n) is 23.7. The maximum Gasteiger partial charge on any atom is 0.0629 e. The number of para-hydroxylation sites is 3. The van der Waals surface area contributed by atoms with Crippen LogP contribution in [0.4, 0.5) is 11.4 Å². The summed E-state index contributed by atoms with van der Waals surface area (Å²) in [5.41, 5.74) is 20.3. The summed E-state index contributed by atoms with van der Waals surface area (Å²) >= 11 is 0. The van der Waals surface area contributed by atoms with Crippen LogP contribution >= 0.6 is 0 Å². The van der Waals surface area contributed by atoms with Gasteiger partial charge in [-0.25, -0.2) is 0 Å². The molecule has 0 bridgehead atoms. The molecule has 4 nitrogen and oxygen atoms in total. The molecule has 3 aromatic heterocycles. The van der Waals surface area contributed by atoms with Crippen LogP contribution in [-0.2, 0) is 6.42 Å². The van der Waals surface area contributed by atoms with Gasteiger partial charge in [0.15, 0.2) is 0 Å². The molecule has 66 heavy (non-hydrogen) atoms. The number of hydrogen-bond acceptors (Lipinski definition) is 1. The number of aromatic nitrogens is 3. The molecule has 0 fully saturated rings. The van der Waals surface area contributed by atoms with E-state index in [0.717, 1.165) is 18.5 Å². The molecule has 0 N–H and O–H groups in total. The molecule has 0 saturated heterocycles. The van der Waals surface area contributed by atoms with Crippen molar-refractivity contribution < 1.29 is 0 Å². The minimum Gasteiger partial charge on any atom is -0.333 e. The van der Waals surface area contributed by atoms with Crippen molar-refractivity contribution in [2.45, 2.75) is 44.6 Å². The Kier molecular flexibility index (Phi) is 8.16. The summed E-state index contributed by atoms with van der Waals surface area (Å²) in [6, 6.07) is 59.5. The highest BCUT2D eigenvalue weighted by Gasteiger charge is 2.37. The fraction of sp³-hybridized carbons (Fsp3) is 0.129. The van der Waals surface area contributed by atoms with Gasteiger partial charge in [-0.3, -0.25) is 0 Å². The van der Waals surface area contributed by atoms with Crippen LogP contribution in [0.25, 0.3) is 84.0 Å². The molecule has 4 unspecified atom stereocenters. The summed E-state index contributed by atoms with van der Waals surface area (Å²) in [6.07, 6.45) is 20.6. The number of fused-ring (bicyclic) bond motifs is 12. The summed E-state index contributed by atoms with van der Waals surface area (Å²) in [5, 5.41) is 5.20. The molecule has 4 atom stereocenters. The molecule has 4 heterocycles. The topological polar surface area (TPSA) is 18.0 Å².